The van der Waals surface area contributed by atoms with Crippen LogP contribution in [-0.4, -0.2) is 167 Å². The van der Waals surface area contributed by atoms with E-state index in [4.69, 9.17) is 62.8 Å². The molecule has 0 spiro atoms. The lowest BCUT2D eigenvalue weighted by Crippen LogP contribution is -2.68. The highest BCUT2D eigenvalue weighted by molar-refractivity contribution is 6.33. The Labute approximate surface area is 250 Å². The molecule has 0 aromatic heterocycles. The van der Waals surface area contributed by atoms with Gasteiger partial charge < -0.3 is 93.5 Å². The normalized spacial score (nSPS) is 52.7. The predicted octanol–water partition coefficient (Wildman–Crippen LogP) is -7.98. The van der Waals surface area contributed by atoms with Crippen molar-refractivity contribution in [2.24, 2.45) is 34.4 Å². The molecular formula is C24H49BN6O12. The Morgan fingerprint density at radius 2 is 1.05 bits per heavy atom. The lowest BCUT2D eigenvalue weighted by Gasteiger charge is -2.47. The molecule has 3 saturated heterocycles. The molecule has 1 saturated carbocycles. The fraction of sp³-hybridized carbons (Fsp3) is 1.00. The smallest absolute Gasteiger partial charge is 0.187 e. The van der Waals surface area contributed by atoms with Crippen LogP contribution in [0.25, 0.3) is 0 Å². The van der Waals surface area contributed by atoms with Gasteiger partial charge in [-0.1, -0.05) is 6.82 Å². The van der Waals surface area contributed by atoms with Crippen molar-refractivity contribution in [3.8, 4) is 0 Å². The summed E-state index contributed by atoms with van der Waals surface area (Å²) in [5, 5.41) is 63.6. The topological polar surface area (TPSA) is 333 Å². The first-order chi connectivity index (χ1) is 20.3. The Balaban J connectivity index is 1.51. The van der Waals surface area contributed by atoms with E-state index in [1.807, 2.05) is 6.82 Å². The third-order valence-corrected chi connectivity index (χ3v) is 8.76. The fourth-order valence-corrected chi connectivity index (χ4v) is 6.11. The molecule has 0 aromatic rings. The SMILES string of the molecule is CBCC1OC(O[C@@H]2[C@H](O)C(N)CC(N)[C@H]2OC2OC(CN)C(O)[C@H](O)[C@@H]2N)[C@@H](O)[C@H]1OC1O[C@@H](CN)C(O)C(O)C1N. The van der Waals surface area contributed by atoms with Crippen molar-refractivity contribution in [1.82, 2.24) is 0 Å². The monoisotopic (exact) mass is 624 g/mol. The van der Waals surface area contributed by atoms with E-state index in [-0.39, 0.29) is 19.5 Å². The minimum absolute atomic E-state index is 0.115. The Hall–Kier alpha value is -0.655. The fourth-order valence-electron chi connectivity index (χ4n) is 6.11. The number of hydrogen-bond acceptors (Lipinski definition) is 18. The zero-order valence-corrected chi connectivity index (χ0v) is 24.1. The van der Waals surface area contributed by atoms with E-state index in [0.717, 1.165) is 0 Å². The molecule has 250 valence electrons. The van der Waals surface area contributed by atoms with Gasteiger partial charge >= 0.3 is 0 Å². The summed E-state index contributed by atoms with van der Waals surface area (Å²) in [6, 6.07) is -3.97. The molecule has 4 rings (SSSR count). The van der Waals surface area contributed by atoms with Crippen molar-refractivity contribution in [3.05, 3.63) is 0 Å². The molecule has 19 atom stereocenters. The van der Waals surface area contributed by atoms with Crippen LogP contribution >= 0.6 is 0 Å². The van der Waals surface area contributed by atoms with Gasteiger partial charge in [-0.2, -0.15) is 0 Å². The van der Waals surface area contributed by atoms with Crippen LogP contribution in [0.3, 0.4) is 0 Å². The van der Waals surface area contributed by atoms with E-state index in [9.17, 15) is 30.6 Å². The number of aliphatic hydroxyl groups is 6. The Bertz CT molecular complexity index is 889. The van der Waals surface area contributed by atoms with Gasteiger partial charge in [-0.3, -0.25) is 0 Å². The van der Waals surface area contributed by atoms with Gasteiger partial charge in [0.15, 0.2) is 18.9 Å². The molecule has 11 unspecified atom stereocenters. The standard InChI is InChI=1S/C24H49BN6O12/c1-25-3-8-20(42-23-12(31)17(36)15(34)10(5-27)40-23)18(37)24(38-8)43-21-13(32)6(28)2-7(29)19(21)41-22-11(30)16(35)14(33)9(4-26)39-22/h6-25,32-37H,2-5,26-31H2,1H3/t6?,7?,8?,9?,10-,11-,12?,13+,14?,15?,16+,17?,18-,19+,20-,21+,22?,23?,24?/m0/s1. The lowest BCUT2D eigenvalue weighted by molar-refractivity contribution is -0.306. The summed E-state index contributed by atoms with van der Waals surface area (Å²) in [5.74, 6) is 0. The molecule has 18 N–H and O–H groups in total. The minimum atomic E-state index is -1.44. The summed E-state index contributed by atoms with van der Waals surface area (Å²) in [5.41, 5.74) is 36.0. The number of rotatable bonds is 10. The largest absolute Gasteiger partial charge is 0.389 e. The van der Waals surface area contributed by atoms with Gasteiger partial charge in [0.2, 0.25) is 0 Å². The van der Waals surface area contributed by atoms with Crippen molar-refractivity contribution >= 4 is 7.28 Å². The maximum Gasteiger partial charge on any atom is 0.187 e. The maximum absolute atomic E-state index is 11.3. The first-order valence-corrected chi connectivity index (χ1v) is 14.8. The minimum Gasteiger partial charge on any atom is -0.389 e. The highest BCUT2D eigenvalue weighted by Gasteiger charge is 2.54. The van der Waals surface area contributed by atoms with Crippen LogP contribution in [0.2, 0.25) is 13.1 Å². The molecular weight excluding hydrogens is 575 g/mol. The summed E-state index contributed by atoms with van der Waals surface area (Å²) in [6.07, 6.45) is -17.7. The van der Waals surface area contributed by atoms with Crippen LogP contribution in [0.1, 0.15) is 6.42 Å². The first kappa shape index (κ1) is 35.2. The van der Waals surface area contributed by atoms with E-state index >= 15 is 0 Å². The van der Waals surface area contributed by atoms with E-state index in [1.54, 1.807) is 0 Å². The zero-order valence-electron chi connectivity index (χ0n) is 24.1. The quantitative estimate of drug-likeness (QED) is 0.100. The second kappa shape index (κ2) is 14.8. The second-order valence-corrected chi connectivity index (χ2v) is 11.9. The Kier molecular flexibility index (Phi) is 12.1. The van der Waals surface area contributed by atoms with E-state index in [2.05, 4.69) is 0 Å². The summed E-state index contributed by atoms with van der Waals surface area (Å²) in [7, 11) is 0.634. The van der Waals surface area contributed by atoms with Gasteiger partial charge in [0, 0.05) is 25.2 Å². The van der Waals surface area contributed by atoms with Crippen molar-refractivity contribution < 1.29 is 59.1 Å². The number of aliphatic hydroxyl groups excluding tert-OH is 6. The summed E-state index contributed by atoms with van der Waals surface area (Å²) in [6.45, 7) is 1.65. The van der Waals surface area contributed by atoms with Crippen molar-refractivity contribution in [3.63, 3.8) is 0 Å². The number of nitrogens with two attached hydrogens (primary N) is 6. The summed E-state index contributed by atoms with van der Waals surface area (Å²) >= 11 is 0. The molecule has 0 radical (unpaired) electrons. The average molecular weight is 624 g/mol. The molecule has 3 aliphatic heterocycles. The Morgan fingerprint density at radius 1 is 0.581 bits per heavy atom. The molecule has 4 aliphatic rings. The van der Waals surface area contributed by atoms with Gasteiger partial charge in [0.1, 0.15) is 68.3 Å². The van der Waals surface area contributed by atoms with Crippen LogP contribution in [0, 0.1) is 0 Å². The molecule has 0 aromatic carbocycles. The average Bonchev–Trinajstić information content (AvgIpc) is 3.26. The van der Waals surface area contributed by atoms with E-state index < -0.39 is 116 Å². The van der Waals surface area contributed by atoms with Gasteiger partial charge in [-0.05, 0) is 12.7 Å². The summed E-state index contributed by atoms with van der Waals surface area (Å²) < 4.78 is 35.6. The predicted molar refractivity (Wildman–Crippen MR) is 149 cm³/mol. The second-order valence-electron chi connectivity index (χ2n) is 11.9. The maximum atomic E-state index is 11.3. The molecule has 18 nitrogen and oxygen atoms in total. The van der Waals surface area contributed by atoms with Crippen LogP contribution in [0.5, 0.6) is 0 Å². The Morgan fingerprint density at radius 3 is 1.53 bits per heavy atom. The molecule has 1 aliphatic carbocycles. The van der Waals surface area contributed by atoms with Crippen molar-refractivity contribution in [1.29, 1.82) is 0 Å². The van der Waals surface area contributed by atoms with Gasteiger partial charge in [-0.15, -0.1) is 0 Å². The van der Waals surface area contributed by atoms with Crippen molar-refractivity contribution in [2.45, 2.75) is 136 Å². The third kappa shape index (κ3) is 7.19. The van der Waals surface area contributed by atoms with Gasteiger partial charge in [0.05, 0.1) is 24.3 Å². The highest BCUT2D eigenvalue weighted by atomic mass is 16.8. The molecule has 0 bridgehead atoms. The molecule has 4 fully saturated rings. The van der Waals surface area contributed by atoms with Crippen LogP contribution in [0.15, 0.2) is 0 Å². The number of ether oxygens (including phenoxy) is 6. The molecule has 19 heteroatoms. The van der Waals surface area contributed by atoms with Crippen LogP contribution in [0.4, 0.5) is 0 Å². The van der Waals surface area contributed by atoms with E-state index in [0.29, 0.717) is 13.6 Å². The summed E-state index contributed by atoms with van der Waals surface area (Å²) in [4.78, 5) is 0. The van der Waals surface area contributed by atoms with Gasteiger partial charge in [0.25, 0.3) is 0 Å². The van der Waals surface area contributed by atoms with Crippen molar-refractivity contribution in [2.75, 3.05) is 13.1 Å². The molecule has 3 heterocycles. The zero-order chi connectivity index (χ0) is 31.7. The third-order valence-electron chi connectivity index (χ3n) is 8.76. The van der Waals surface area contributed by atoms with Crippen LogP contribution in [-0.2, 0) is 28.4 Å². The van der Waals surface area contributed by atoms with Crippen LogP contribution < -0.4 is 34.4 Å². The highest BCUT2D eigenvalue weighted by Crippen LogP contribution is 2.35. The lowest BCUT2D eigenvalue weighted by atomic mass is 9.74. The molecule has 0 amide bonds. The van der Waals surface area contributed by atoms with E-state index in [1.165, 1.54) is 0 Å². The van der Waals surface area contributed by atoms with Gasteiger partial charge in [-0.25, -0.2) is 0 Å². The number of hydrogen-bond donors (Lipinski definition) is 12. The molecule has 43 heavy (non-hydrogen) atoms. The first-order valence-electron chi connectivity index (χ1n) is 14.8.